The second kappa shape index (κ2) is 6.65. The summed E-state index contributed by atoms with van der Waals surface area (Å²) < 4.78 is 14.1. The second-order valence-corrected chi connectivity index (χ2v) is 6.28. The van der Waals surface area contributed by atoms with Crippen molar-refractivity contribution in [2.24, 2.45) is 0 Å². The molecule has 0 bridgehead atoms. The monoisotopic (exact) mass is 349 g/mol. The number of para-hydroxylation sites is 2. The van der Waals surface area contributed by atoms with Crippen molar-refractivity contribution in [2.75, 3.05) is 29.9 Å². The number of rotatable bonds is 4. The fourth-order valence-corrected chi connectivity index (χ4v) is 3.29. The van der Waals surface area contributed by atoms with Crippen molar-refractivity contribution in [3.8, 4) is 0 Å². The molecule has 2 aromatic carbocycles. The van der Waals surface area contributed by atoms with E-state index in [0.29, 0.717) is 29.5 Å². The molecule has 1 heterocycles. The number of nitrogens with zero attached hydrogens (tertiary/aromatic N) is 3. The molecule has 2 aromatic rings. The molecule has 0 unspecified atom stereocenters. The van der Waals surface area contributed by atoms with Gasteiger partial charge >= 0.3 is 0 Å². The Bertz CT molecular complexity index is 771. The first kappa shape index (κ1) is 16.5. The normalized spacial score (nSPS) is 17.1. The molecule has 3 rings (SSSR count). The van der Waals surface area contributed by atoms with Gasteiger partial charge in [-0.15, -0.1) is 0 Å². The minimum atomic E-state index is -0.378. The number of halogens is 2. The van der Waals surface area contributed by atoms with Gasteiger partial charge in [-0.1, -0.05) is 23.7 Å². The van der Waals surface area contributed by atoms with E-state index >= 15 is 0 Å². The largest absolute Gasteiger partial charge is 0.367 e. The quantitative estimate of drug-likeness (QED) is 0.616. The first-order valence-electron chi connectivity index (χ1n) is 7.63. The van der Waals surface area contributed by atoms with Crippen LogP contribution >= 0.6 is 11.6 Å². The van der Waals surface area contributed by atoms with Gasteiger partial charge in [-0.05, 0) is 30.7 Å². The number of nitro groups is 1. The second-order valence-electron chi connectivity index (χ2n) is 5.84. The molecule has 0 aromatic heterocycles. The van der Waals surface area contributed by atoms with E-state index in [9.17, 15) is 14.5 Å². The van der Waals surface area contributed by atoms with Crippen LogP contribution in [0.15, 0.2) is 42.5 Å². The van der Waals surface area contributed by atoms with Crippen molar-refractivity contribution in [1.82, 2.24) is 0 Å². The zero-order chi connectivity index (χ0) is 17.3. The molecule has 24 heavy (non-hydrogen) atoms. The fourth-order valence-electron chi connectivity index (χ4n) is 3.13. The van der Waals surface area contributed by atoms with Crippen LogP contribution in [-0.2, 0) is 0 Å². The van der Waals surface area contributed by atoms with Gasteiger partial charge in [0.1, 0.15) is 11.5 Å². The average Bonchev–Trinajstić information content (AvgIpc) is 3.03. The average molecular weight is 350 g/mol. The van der Waals surface area contributed by atoms with Crippen LogP contribution in [0.5, 0.6) is 0 Å². The van der Waals surface area contributed by atoms with Gasteiger partial charge in [-0.25, -0.2) is 4.39 Å². The van der Waals surface area contributed by atoms with Crippen molar-refractivity contribution in [3.05, 3.63) is 63.4 Å². The van der Waals surface area contributed by atoms with Crippen LogP contribution in [0.2, 0.25) is 5.02 Å². The predicted molar refractivity (Wildman–Crippen MR) is 93.5 cm³/mol. The maximum atomic E-state index is 14.1. The van der Waals surface area contributed by atoms with Gasteiger partial charge in [-0.2, -0.15) is 0 Å². The van der Waals surface area contributed by atoms with Crippen LogP contribution in [0.25, 0.3) is 0 Å². The standard InChI is InChI=1S/C17H17ClFN3O2/c1-20(16-4-2-3-5-17(16)22(23)24)13-8-9-21(11-13)15-7-6-12(18)10-14(15)19/h2-7,10,13H,8-9,11H2,1H3/t13-/m0/s1. The molecule has 0 saturated carbocycles. The molecule has 1 aliphatic rings. The molecule has 1 fully saturated rings. The van der Waals surface area contributed by atoms with Crippen molar-refractivity contribution < 1.29 is 9.31 Å². The lowest BCUT2D eigenvalue weighted by molar-refractivity contribution is -0.384. The van der Waals surface area contributed by atoms with E-state index in [-0.39, 0.29) is 22.5 Å². The third-order valence-corrected chi connectivity index (χ3v) is 4.66. The van der Waals surface area contributed by atoms with E-state index in [4.69, 9.17) is 11.6 Å². The van der Waals surface area contributed by atoms with Gasteiger partial charge < -0.3 is 9.80 Å². The maximum absolute atomic E-state index is 14.1. The predicted octanol–water partition coefficient (Wildman–Crippen LogP) is 4.10. The summed E-state index contributed by atoms with van der Waals surface area (Å²) in [5, 5.41) is 11.6. The van der Waals surface area contributed by atoms with Crippen LogP contribution in [-0.4, -0.2) is 31.1 Å². The lowest BCUT2D eigenvalue weighted by Gasteiger charge is -2.27. The summed E-state index contributed by atoms with van der Waals surface area (Å²) >= 11 is 5.80. The van der Waals surface area contributed by atoms with E-state index in [1.165, 1.54) is 12.1 Å². The van der Waals surface area contributed by atoms with Crippen molar-refractivity contribution in [2.45, 2.75) is 12.5 Å². The summed E-state index contributed by atoms with van der Waals surface area (Å²) in [6, 6.07) is 11.4. The van der Waals surface area contributed by atoms with Crippen molar-refractivity contribution in [1.29, 1.82) is 0 Å². The first-order valence-corrected chi connectivity index (χ1v) is 8.01. The van der Waals surface area contributed by atoms with E-state index in [1.807, 2.05) is 16.8 Å². The van der Waals surface area contributed by atoms with Gasteiger partial charge in [-0.3, -0.25) is 10.1 Å². The summed E-state index contributed by atoms with van der Waals surface area (Å²) in [4.78, 5) is 14.7. The number of hydrogen-bond acceptors (Lipinski definition) is 4. The summed E-state index contributed by atoms with van der Waals surface area (Å²) in [6.07, 6.45) is 0.796. The van der Waals surface area contributed by atoms with E-state index in [0.717, 1.165) is 6.42 Å². The highest BCUT2D eigenvalue weighted by atomic mass is 35.5. The Morgan fingerprint density at radius 2 is 2.08 bits per heavy atom. The molecule has 5 nitrogen and oxygen atoms in total. The highest BCUT2D eigenvalue weighted by Crippen LogP contribution is 2.32. The van der Waals surface area contributed by atoms with Crippen LogP contribution in [0, 0.1) is 15.9 Å². The Hall–Kier alpha value is -2.34. The Kier molecular flexibility index (Phi) is 4.57. The molecular weight excluding hydrogens is 333 g/mol. The van der Waals surface area contributed by atoms with Gasteiger partial charge in [0.25, 0.3) is 5.69 Å². The molecule has 1 saturated heterocycles. The van der Waals surface area contributed by atoms with Crippen molar-refractivity contribution in [3.63, 3.8) is 0 Å². The number of nitro benzene ring substituents is 1. The van der Waals surface area contributed by atoms with Gasteiger partial charge in [0, 0.05) is 37.3 Å². The Morgan fingerprint density at radius 1 is 1.33 bits per heavy atom. The van der Waals surface area contributed by atoms with E-state index in [1.54, 1.807) is 30.3 Å². The van der Waals surface area contributed by atoms with E-state index in [2.05, 4.69) is 0 Å². The van der Waals surface area contributed by atoms with Crippen LogP contribution in [0.4, 0.5) is 21.5 Å². The maximum Gasteiger partial charge on any atom is 0.292 e. The zero-order valence-corrected chi connectivity index (χ0v) is 13.9. The van der Waals surface area contributed by atoms with E-state index < -0.39 is 0 Å². The highest BCUT2D eigenvalue weighted by molar-refractivity contribution is 6.30. The molecule has 0 radical (unpaired) electrons. The molecule has 0 amide bonds. The topological polar surface area (TPSA) is 49.6 Å². The number of anilines is 2. The molecule has 0 N–H and O–H groups in total. The number of hydrogen-bond donors (Lipinski definition) is 0. The molecule has 0 aliphatic carbocycles. The highest BCUT2D eigenvalue weighted by Gasteiger charge is 2.30. The number of benzene rings is 2. The smallest absolute Gasteiger partial charge is 0.292 e. The summed E-state index contributed by atoms with van der Waals surface area (Å²) in [5.74, 6) is -0.350. The van der Waals surface area contributed by atoms with Crippen LogP contribution in [0.3, 0.4) is 0 Å². The molecule has 1 aliphatic heterocycles. The zero-order valence-electron chi connectivity index (χ0n) is 13.2. The lowest BCUT2D eigenvalue weighted by atomic mass is 10.2. The Morgan fingerprint density at radius 3 is 2.79 bits per heavy atom. The minimum Gasteiger partial charge on any atom is -0.367 e. The minimum absolute atomic E-state index is 0.0705. The van der Waals surface area contributed by atoms with Gasteiger partial charge in [0.05, 0.1) is 10.6 Å². The van der Waals surface area contributed by atoms with Crippen LogP contribution in [0.1, 0.15) is 6.42 Å². The van der Waals surface area contributed by atoms with Crippen molar-refractivity contribution >= 4 is 28.7 Å². The van der Waals surface area contributed by atoms with Gasteiger partial charge in [0.15, 0.2) is 0 Å². The summed E-state index contributed by atoms with van der Waals surface area (Å²) in [7, 11) is 1.84. The fraction of sp³-hybridized carbons (Fsp3) is 0.294. The van der Waals surface area contributed by atoms with Gasteiger partial charge in [0.2, 0.25) is 0 Å². The summed E-state index contributed by atoms with van der Waals surface area (Å²) in [5.41, 5.74) is 1.17. The van der Waals surface area contributed by atoms with Crippen LogP contribution < -0.4 is 9.80 Å². The molecule has 126 valence electrons. The first-order chi connectivity index (χ1) is 11.5. The third-order valence-electron chi connectivity index (χ3n) is 4.42. The Labute approximate surface area is 144 Å². The lowest BCUT2D eigenvalue weighted by Crippen LogP contribution is -2.35. The molecule has 7 heteroatoms. The number of likely N-dealkylation sites (N-methyl/N-ethyl adjacent to an activating group) is 1. The summed E-state index contributed by atoms with van der Waals surface area (Å²) in [6.45, 7) is 1.29. The molecular formula is C17H17ClFN3O2. The molecule has 0 spiro atoms. The SMILES string of the molecule is CN(c1ccccc1[N+](=O)[O-])[C@H]1CCN(c2ccc(Cl)cc2F)C1. The Balaban J connectivity index is 1.79. The third kappa shape index (κ3) is 3.14. The molecule has 1 atom stereocenters.